The molecule has 0 radical (unpaired) electrons. The van der Waals surface area contributed by atoms with E-state index in [1.54, 1.807) is 6.07 Å². The van der Waals surface area contributed by atoms with Crippen molar-refractivity contribution < 1.29 is 27.4 Å². The minimum absolute atomic E-state index is 0.114. The van der Waals surface area contributed by atoms with Gasteiger partial charge in [0.05, 0.1) is 19.8 Å². The van der Waals surface area contributed by atoms with Gasteiger partial charge in [-0.1, -0.05) is 0 Å². The summed E-state index contributed by atoms with van der Waals surface area (Å²) in [6, 6.07) is 3.70. The molecule has 0 bridgehead atoms. The number of ether oxygens (including phenoxy) is 2. The molecule has 0 aliphatic heterocycles. The quantitative estimate of drug-likeness (QED) is 0.633. The summed E-state index contributed by atoms with van der Waals surface area (Å²) in [6.45, 7) is 0. The molecule has 19 heavy (non-hydrogen) atoms. The fraction of sp³-hybridized carbons (Fsp3) is 0.273. The molecule has 0 unspecified atom stereocenters. The number of thioether (sulfide) groups is 1. The first-order chi connectivity index (χ1) is 8.82. The van der Waals surface area contributed by atoms with Gasteiger partial charge in [-0.05, 0) is 23.9 Å². The Balaban J connectivity index is 3.39. The topological polar surface area (TPSA) is 59.3 Å². The molecule has 0 heterocycles. The van der Waals surface area contributed by atoms with Crippen LogP contribution in [0.5, 0.6) is 5.75 Å². The van der Waals surface area contributed by atoms with Gasteiger partial charge in [0, 0.05) is 4.90 Å². The predicted molar refractivity (Wildman–Crippen MR) is 61.0 cm³/mol. The van der Waals surface area contributed by atoms with Crippen LogP contribution in [-0.4, -0.2) is 25.7 Å². The average molecular weight is 291 g/mol. The standard InChI is InChI=1S/C11H8F3NO3S/c1-17-9-4-6(19-11(12,13)14)3-7(8(9)5-15)10(16)18-2/h3-4H,1-2H3. The van der Waals surface area contributed by atoms with Gasteiger partial charge >= 0.3 is 11.5 Å². The molecule has 0 amide bonds. The monoisotopic (exact) mass is 291 g/mol. The van der Waals surface area contributed by atoms with Crippen LogP contribution >= 0.6 is 11.8 Å². The van der Waals surface area contributed by atoms with Crippen LogP contribution < -0.4 is 4.74 Å². The molecule has 1 aromatic rings. The number of benzene rings is 1. The van der Waals surface area contributed by atoms with Crippen LogP contribution in [-0.2, 0) is 4.74 Å². The second-order valence-electron chi connectivity index (χ2n) is 3.20. The van der Waals surface area contributed by atoms with Gasteiger partial charge in [-0.3, -0.25) is 0 Å². The van der Waals surface area contributed by atoms with E-state index in [0.29, 0.717) is 0 Å². The molecule has 102 valence electrons. The Kier molecular flexibility index (Phi) is 4.67. The number of hydrogen-bond acceptors (Lipinski definition) is 5. The highest BCUT2D eigenvalue weighted by Crippen LogP contribution is 2.39. The Morgan fingerprint density at radius 1 is 1.37 bits per heavy atom. The van der Waals surface area contributed by atoms with Gasteiger partial charge in [0.1, 0.15) is 17.4 Å². The Bertz CT molecular complexity index is 537. The minimum atomic E-state index is -4.51. The molecule has 0 N–H and O–H groups in total. The molecule has 1 rings (SSSR count). The zero-order valence-electron chi connectivity index (χ0n) is 9.87. The summed E-state index contributed by atoms with van der Waals surface area (Å²) in [5.74, 6) is -1.02. The highest BCUT2D eigenvalue weighted by molar-refractivity contribution is 8.00. The lowest BCUT2D eigenvalue weighted by atomic mass is 10.1. The lowest BCUT2D eigenvalue weighted by Gasteiger charge is -2.11. The van der Waals surface area contributed by atoms with E-state index in [4.69, 9.17) is 10.00 Å². The van der Waals surface area contributed by atoms with Crippen LogP contribution in [0.4, 0.5) is 13.2 Å². The molecule has 0 fully saturated rings. The number of methoxy groups -OCH3 is 2. The number of esters is 1. The van der Waals surface area contributed by atoms with Gasteiger partial charge in [-0.15, -0.1) is 0 Å². The molecule has 1 aromatic carbocycles. The van der Waals surface area contributed by atoms with E-state index in [2.05, 4.69) is 4.74 Å². The Morgan fingerprint density at radius 3 is 2.42 bits per heavy atom. The number of alkyl halides is 3. The number of carbonyl (C=O) groups is 1. The number of carbonyl (C=O) groups excluding carboxylic acids is 1. The number of rotatable bonds is 3. The number of hydrogen-bond donors (Lipinski definition) is 0. The molecule has 0 saturated carbocycles. The first kappa shape index (κ1) is 15.2. The van der Waals surface area contributed by atoms with Crippen LogP contribution in [0.2, 0.25) is 0 Å². The first-order valence-corrected chi connectivity index (χ1v) is 5.60. The van der Waals surface area contributed by atoms with Crippen LogP contribution in [0.25, 0.3) is 0 Å². The third-order valence-electron chi connectivity index (χ3n) is 2.05. The van der Waals surface area contributed by atoms with Gasteiger partial charge in [0.2, 0.25) is 0 Å². The lowest BCUT2D eigenvalue weighted by molar-refractivity contribution is -0.0328. The zero-order valence-corrected chi connectivity index (χ0v) is 10.7. The van der Waals surface area contributed by atoms with Crippen molar-refractivity contribution in [3.05, 3.63) is 23.3 Å². The summed E-state index contributed by atoms with van der Waals surface area (Å²) in [6.07, 6.45) is 0. The van der Waals surface area contributed by atoms with E-state index >= 15 is 0 Å². The molecule has 8 heteroatoms. The highest BCUT2D eigenvalue weighted by Gasteiger charge is 2.31. The van der Waals surface area contributed by atoms with Gasteiger partial charge in [0.25, 0.3) is 0 Å². The third kappa shape index (κ3) is 3.79. The van der Waals surface area contributed by atoms with Gasteiger partial charge < -0.3 is 9.47 Å². The molecule has 0 atom stereocenters. The number of nitriles is 1. The number of nitrogens with zero attached hydrogens (tertiary/aromatic N) is 1. The summed E-state index contributed by atoms with van der Waals surface area (Å²) in [4.78, 5) is 11.2. The van der Waals surface area contributed by atoms with Crippen LogP contribution in [0, 0.1) is 11.3 Å². The molecule has 0 spiro atoms. The van der Waals surface area contributed by atoms with Crippen molar-refractivity contribution in [2.75, 3.05) is 14.2 Å². The van der Waals surface area contributed by atoms with Crippen LogP contribution in [0.1, 0.15) is 15.9 Å². The fourth-order valence-electron chi connectivity index (χ4n) is 1.33. The van der Waals surface area contributed by atoms with Crippen LogP contribution in [0.3, 0.4) is 0 Å². The molecule has 0 aliphatic rings. The third-order valence-corrected chi connectivity index (χ3v) is 2.75. The Hall–Kier alpha value is -1.88. The van der Waals surface area contributed by atoms with E-state index in [1.165, 1.54) is 7.11 Å². The SMILES string of the molecule is COC(=O)c1cc(SC(F)(F)F)cc(OC)c1C#N. The highest BCUT2D eigenvalue weighted by atomic mass is 32.2. The van der Waals surface area contributed by atoms with Crippen molar-refractivity contribution in [1.82, 2.24) is 0 Å². The summed E-state index contributed by atoms with van der Waals surface area (Å²) in [5.41, 5.74) is -4.94. The van der Waals surface area contributed by atoms with Crippen molar-refractivity contribution >= 4 is 17.7 Å². The van der Waals surface area contributed by atoms with E-state index in [9.17, 15) is 18.0 Å². The van der Waals surface area contributed by atoms with Crippen molar-refractivity contribution in [2.24, 2.45) is 0 Å². The summed E-state index contributed by atoms with van der Waals surface area (Å²) in [5, 5.41) is 8.93. The van der Waals surface area contributed by atoms with Gasteiger partial charge in [-0.2, -0.15) is 18.4 Å². The van der Waals surface area contributed by atoms with Crippen molar-refractivity contribution in [3.63, 3.8) is 0 Å². The summed E-state index contributed by atoms with van der Waals surface area (Å²) >= 11 is -0.406. The Morgan fingerprint density at radius 2 is 2.00 bits per heavy atom. The molecule has 0 saturated heterocycles. The smallest absolute Gasteiger partial charge is 0.446 e. The van der Waals surface area contributed by atoms with E-state index in [1.807, 2.05) is 0 Å². The van der Waals surface area contributed by atoms with E-state index < -0.39 is 23.2 Å². The molecular formula is C11H8F3NO3S. The van der Waals surface area contributed by atoms with Crippen molar-refractivity contribution in [2.45, 2.75) is 10.4 Å². The lowest BCUT2D eigenvalue weighted by Crippen LogP contribution is -2.07. The molecular weight excluding hydrogens is 283 g/mol. The summed E-state index contributed by atoms with van der Waals surface area (Å²) < 4.78 is 46.2. The predicted octanol–water partition coefficient (Wildman–Crippen LogP) is 2.97. The molecule has 0 aromatic heterocycles. The maximum absolute atomic E-state index is 12.3. The number of halogens is 3. The van der Waals surface area contributed by atoms with Crippen molar-refractivity contribution in [1.29, 1.82) is 5.26 Å². The second kappa shape index (κ2) is 5.84. The molecule has 4 nitrogen and oxygen atoms in total. The largest absolute Gasteiger partial charge is 0.495 e. The normalized spacial score (nSPS) is 10.7. The van der Waals surface area contributed by atoms with Gasteiger partial charge in [-0.25, -0.2) is 4.79 Å². The first-order valence-electron chi connectivity index (χ1n) is 4.78. The fourth-order valence-corrected chi connectivity index (χ4v) is 1.94. The zero-order chi connectivity index (χ0) is 14.6. The summed E-state index contributed by atoms with van der Waals surface area (Å²) in [7, 11) is 2.26. The van der Waals surface area contributed by atoms with Crippen LogP contribution in [0.15, 0.2) is 17.0 Å². The van der Waals surface area contributed by atoms with Gasteiger partial charge in [0.15, 0.2) is 0 Å². The second-order valence-corrected chi connectivity index (χ2v) is 4.34. The Labute approximate surface area is 111 Å². The minimum Gasteiger partial charge on any atom is -0.495 e. The maximum Gasteiger partial charge on any atom is 0.446 e. The van der Waals surface area contributed by atoms with E-state index in [0.717, 1.165) is 19.2 Å². The molecule has 0 aliphatic carbocycles. The van der Waals surface area contributed by atoms with E-state index in [-0.39, 0.29) is 21.8 Å². The van der Waals surface area contributed by atoms with Crippen molar-refractivity contribution in [3.8, 4) is 11.8 Å². The maximum atomic E-state index is 12.3. The average Bonchev–Trinajstić information content (AvgIpc) is 2.34.